The number of likely N-dealkylation sites (N-methyl/N-ethyl adjacent to an activating group) is 1. The molecule has 7 nitrogen and oxygen atoms in total. The van der Waals surface area contributed by atoms with E-state index in [1.165, 1.54) is 0 Å². The summed E-state index contributed by atoms with van der Waals surface area (Å²) in [5.41, 5.74) is 3.03. The van der Waals surface area contributed by atoms with E-state index in [1.807, 2.05) is 36.4 Å². The molecule has 0 unspecified atom stereocenters. The first-order valence-corrected chi connectivity index (χ1v) is 11.0. The molecule has 2 aromatic carbocycles. The van der Waals surface area contributed by atoms with Crippen LogP contribution in [0.3, 0.4) is 0 Å². The SMILES string of the molecule is CN(C(=O)Cc1ccc2sc(=O)[nH]c2c1)[C@H](CN1CC[C@@H](O)C1)c1cccc(C#N)c1. The number of carbonyl (C=O) groups excluding carboxylic acids is 1. The van der Waals surface area contributed by atoms with Gasteiger partial charge in [0.2, 0.25) is 5.91 Å². The van der Waals surface area contributed by atoms with Gasteiger partial charge < -0.3 is 15.0 Å². The van der Waals surface area contributed by atoms with Crippen LogP contribution in [0.1, 0.15) is 29.2 Å². The Hall–Kier alpha value is -2.99. The van der Waals surface area contributed by atoms with E-state index in [0.29, 0.717) is 18.7 Å². The van der Waals surface area contributed by atoms with Crippen LogP contribution >= 0.6 is 11.3 Å². The fourth-order valence-electron chi connectivity index (χ4n) is 4.07. The standard InChI is InChI=1S/C23H24N4O3S/c1-26(22(29)11-15-5-6-21-19(10-15)25-23(30)31-21)20(14-27-8-7-18(28)13-27)17-4-2-3-16(9-17)12-24/h2-6,9-10,18,20,28H,7-8,11,13-14H2,1H3,(H,25,30)/t18-,20-/m1/s1. The first-order valence-electron chi connectivity index (χ1n) is 10.2. The van der Waals surface area contributed by atoms with Gasteiger partial charge in [-0.15, -0.1) is 0 Å². The molecule has 1 aliphatic heterocycles. The number of aromatic amines is 1. The predicted molar refractivity (Wildman–Crippen MR) is 120 cm³/mol. The monoisotopic (exact) mass is 436 g/mol. The van der Waals surface area contributed by atoms with Gasteiger partial charge >= 0.3 is 4.87 Å². The fourth-order valence-corrected chi connectivity index (χ4v) is 4.79. The molecule has 2 heterocycles. The number of hydrogen-bond acceptors (Lipinski definition) is 6. The van der Waals surface area contributed by atoms with E-state index >= 15 is 0 Å². The third kappa shape index (κ3) is 4.85. The van der Waals surface area contributed by atoms with Crippen LogP contribution in [0.5, 0.6) is 0 Å². The number of carbonyl (C=O) groups is 1. The number of nitrogens with one attached hydrogen (secondary N) is 1. The number of amides is 1. The lowest BCUT2D eigenvalue weighted by Gasteiger charge is -2.32. The summed E-state index contributed by atoms with van der Waals surface area (Å²) in [6.07, 6.45) is 0.592. The van der Waals surface area contributed by atoms with E-state index in [4.69, 9.17) is 0 Å². The van der Waals surface area contributed by atoms with Crippen LogP contribution < -0.4 is 4.87 Å². The maximum atomic E-state index is 13.2. The van der Waals surface area contributed by atoms with Gasteiger partial charge in [-0.05, 0) is 41.8 Å². The second-order valence-corrected chi connectivity index (χ2v) is 9.00. The van der Waals surface area contributed by atoms with E-state index in [9.17, 15) is 20.0 Å². The second kappa shape index (κ2) is 9.02. The van der Waals surface area contributed by atoms with Crippen molar-refractivity contribution < 1.29 is 9.90 Å². The highest BCUT2D eigenvalue weighted by Gasteiger charge is 2.28. The minimum absolute atomic E-state index is 0.0518. The van der Waals surface area contributed by atoms with Crippen molar-refractivity contribution in [3.8, 4) is 6.07 Å². The number of benzene rings is 2. The molecule has 8 heteroatoms. The maximum absolute atomic E-state index is 13.2. The van der Waals surface area contributed by atoms with Crippen LogP contribution in [-0.4, -0.2) is 58.6 Å². The number of H-pyrrole nitrogens is 1. The molecular formula is C23H24N4O3S. The topological polar surface area (TPSA) is 100 Å². The summed E-state index contributed by atoms with van der Waals surface area (Å²) in [6, 6.07) is 14.8. The number of nitrogens with zero attached hydrogens (tertiary/aromatic N) is 3. The van der Waals surface area contributed by atoms with Crippen molar-refractivity contribution in [2.24, 2.45) is 0 Å². The molecule has 1 fully saturated rings. The Morgan fingerprint density at radius 3 is 2.97 bits per heavy atom. The molecule has 0 bridgehead atoms. The number of β-amino-alcohol motifs (C(OH)–C–C–N with tert-alkyl or cyclic N) is 1. The molecule has 0 saturated carbocycles. The van der Waals surface area contributed by atoms with Crippen LogP contribution in [-0.2, 0) is 11.2 Å². The minimum Gasteiger partial charge on any atom is -0.392 e. The van der Waals surface area contributed by atoms with Gasteiger partial charge in [0.1, 0.15) is 0 Å². The first-order chi connectivity index (χ1) is 14.9. The normalized spacial score (nSPS) is 17.5. The van der Waals surface area contributed by atoms with Gasteiger partial charge in [0.15, 0.2) is 0 Å². The third-order valence-electron chi connectivity index (χ3n) is 5.78. The second-order valence-electron chi connectivity index (χ2n) is 7.98. The van der Waals surface area contributed by atoms with Crippen LogP contribution in [0.25, 0.3) is 10.2 Å². The lowest BCUT2D eigenvalue weighted by atomic mass is 10.0. The molecule has 3 aromatic rings. The van der Waals surface area contributed by atoms with Gasteiger partial charge in [-0.25, -0.2) is 0 Å². The zero-order valence-corrected chi connectivity index (χ0v) is 18.1. The summed E-state index contributed by atoms with van der Waals surface area (Å²) in [4.78, 5) is 31.3. The van der Waals surface area contributed by atoms with E-state index in [1.54, 1.807) is 18.0 Å². The van der Waals surface area contributed by atoms with Crippen molar-refractivity contribution in [3.05, 3.63) is 68.8 Å². The molecule has 2 N–H and O–H groups in total. The number of likely N-dealkylation sites (tertiary alicyclic amines) is 1. The van der Waals surface area contributed by atoms with Crippen molar-refractivity contribution >= 4 is 27.5 Å². The van der Waals surface area contributed by atoms with Crippen molar-refractivity contribution in [1.29, 1.82) is 5.26 Å². The van der Waals surface area contributed by atoms with Crippen LogP contribution in [0.4, 0.5) is 0 Å². The molecule has 1 amide bonds. The highest BCUT2D eigenvalue weighted by Crippen LogP contribution is 2.25. The summed E-state index contributed by atoms with van der Waals surface area (Å²) < 4.78 is 0.869. The Labute approximate surface area is 184 Å². The number of fused-ring (bicyclic) bond motifs is 1. The molecule has 1 aromatic heterocycles. The van der Waals surface area contributed by atoms with Gasteiger partial charge in [-0.1, -0.05) is 29.5 Å². The van der Waals surface area contributed by atoms with Crippen molar-refractivity contribution in [2.75, 3.05) is 26.7 Å². The smallest absolute Gasteiger partial charge is 0.305 e. The molecule has 1 saturated heterocycles. The predicted octanol–water partition coefficient (Wildman–Crippen LogP) is 2.27. The Morgan fingerprint density at radius 1 is 1.39 bits per heavy atom. The number of thiazole rings is 1. The zero-order valence-electron chi connectivity index (χ0n) is 17.2. The lowest BCUT2D eigenvalue weighted by molar-refractivity contribution is -0.131. The fraction of sp³-hybridized carbons (Fsp3) is 0.348. The molecule has 4 rings (SSSR count). The van der Waals surface area contributed by atoms with E-state index in [2.05, 4.69) is 16.0 Å². The number of aliphatic hydroxyl groups is 1. The Balaban J connectivity index is 1.56. The summed E-state index contributed by atoms with van der Waals surface area (Å²) >= 11 is 1.15. The van der Waals surface area contributed by atoms with Crippen LogP contribution in [0.15, 0.2) is 47.3 Å². The molecule has 1 aliphatic rings. The average molecular weight is 437 g/mol. The molecular weight excluding hydrogens is 412 g/mol. The van der Waals surface area contributed by atoms with Crippen molar-refractivity contribution in [1.82, 2.24) is 14.8 Å². The number of hydrogen-bond donors (Lipinski definition) is 2. The van der Waals surface area contributed by atoms with Crippen molar-refractivity contribution in [2.45, 2.75) is 25.0 Å². The minimum atomic E-state index is -0.341. The number of nitriles is 1. The van der Waals surface area contributed by atoms with Gasteiger partial charge in [0, 0.05) is 26.7 Å². The third-order valence-corrected chi connectivity index (χ3v) is 6.64. The summed E-state index contributed by atoms with van der Waals surface area (Å²) in [5, 5.41) is 19.2. The van der Waals surface area contributed by atoms with Crippen LogP contribution in [0, 0.1) is 11.3 Å². The molecule has 0 spiro atoms. The number of rotatable bonds is 6. The molecule has 160 valence electrons. The van der Waals surface area contributed by atoms with E-state index in [0.717, 1.165) is 45.6 Å². The summed E-state index contributed by atoms with van der Waals surface area (Å²) in [7, 11) is 1.78. The van der Waals surface area contributed by atoms with Crippen molar-refractivity contribution in [3.63, 3.8) is 0 Å². The van der Waals surface area contributed by atoms with Gasteiger partial charge in [-0.2, -0.15) is 5.26 Å². The number of aromatic nitrogens is 1. The molecule has 0 aliphatic carbocycles. The molecule has 0 radical (unpaired) electrons. The number of aliphatic hydroxyl groups excluding tert-OH is 1. The maximum Gasteiger partial charge on any atom is 0.305 e. The Morgan fingerprint density at radius 2 is 2.23 bits per heavy atom. The highest BCUT2D eigenvalue weighted by atomic mass is 32.1. The van der Waals surface area contributed by atoms with Gasteiger partial charge in [0.05, 0.1) is 40.4 Å². The first kappa shape index (κ1) is 21.2. The van der Waals surface area contributed by atoms with Gasteiger partial charge in [0.25, 0.3) is 0 Å². The molecule has 31 heavy (non-hydrogen) atoms. The van der Waals surface area contributed by atoms with E-state index < -0.39 is 0 Å². The van der Waals surface area contributed by atoms with Gasteiger partial charge in [-0.3, -0.25) is 14.5 Å². The quantitative estimate of drug-likeness (QED) is 0.617. The zero-order chi connectivity index (χ0) is 22.0. The summed E-state index contributed by atoms with van der Waals surface area (Å²) in [6.45, 7) is 1.95. The van der Waals surface area contributed by atoms with E-state index in [-0.39, 0.29) is 29.3 Å². The molecule has 2 atom stereocenters. The van der Waals surface area contributed by atoms with Crippen LogP contribution in [0.2, 0.25) is 0 Å². The summed E-state index contributed by atoms with van der Waals surface area (Å²) in [5.74, 6) is -0.0518. The Kier molecular flexibility index (Phi) is 6.18. The average Bonchev–Trinajstić information content (AvgIpc) is 3.35. The Bertz CT molecular complexity index is 1200. The highest BCUT2D eigenvalue weighted by molar-refractivity contribution is 7.16. The largest absolute Gasteiger partial charge is 0.392 e. The lowest BCUT2D eigenvalue weighted by Crippen LogP contribution is -2.39.